The van der Waals surface area contributed by atoms with Gasteiger partial charge in [-0.05, 0) is 31.2 Å². The Balaban J connectivity index is 2.69. The highest BCUT2D eigenvalue weighted by Crippen LogP contribution is 2.14. The van der Waals surface area contributed by atoms with Gasteiger partial charge in [0.15, 0.2) is 0 Å². The van der Waals surface area contributed by atoms with Crippen LogP contribution in [0.15, 0.2) is 24.3 Å². The first-order valence-electron chi connectivity index (χ1n) is 5.34. The zero-order chi connectivity index (χ0) is 11.1. The predicted molar refractivity (Wildman–Crippen MR) is 59.3 cm³/mol. The Bertz CT molecular complexity index is 291. The van der Waals surface area contributed by atoms with Gasteiger partial charge >= 0.3 is 0 Å². The Morgan fingerprint density at radius 1 is 1.40 bits per heavy atom. The number of hydrogen-bond donors (Lipinski definition) is 1. The quantitative estimate of drug-likeness (QED) is 0.780. The molecule has 0 aliphatic rings. The lowest BCUT2D eigenvalue weighted by atomic mass is 10.1. The van der Waals surface area contributed by atoms with E-state index in [1.807, 2.05) is 19.9 Å². The lowest BCUT2D eigenvalue weighted by Crippen LogP contribution is -2.25. The van der Waals surface area contributed by atoms with Crippen LogP contribution in [0.3, 0.4) is 0 Å². The van der Waals surface area contributed by atoms with Crippen molar-refractivity contribution in [2.45, 2.75) is 19.9 Å². The van der Waals surface area contributed by atoms with E-state index in [-0.39, 0.29) is 11.9 Å². The molecule has 0 aliphatic carbocycles. The van der Waals surface area contributed by atoms with Crippen molar-refractivity contribution in [1.29, 1.82) is 0 Å². The first kappa shape index (κ1) is 12.1. The maximum absolute atomic E-state index is 13.0. The van der Waals surface area contributed by atoms with Gasteiger partial charge in [-0.1, -0.05) is 19.1 Å². The van der Waals surface area contributed by atoms with E-state index in [4.69, 9.17) is 4.74 Å². The molecule has 1 aromatic rings. The van der Waals surface area contributed by atoms with E-state index < -0.39 is 0 Å². The molecule has 1 unspecified atom stereocenters. The average Bonchev–Trinajstić information content (AvgIpc) is 2.24. The van der Waals surface area contributed by atoms with E-state index in [1.54, 1.807) is 12.1 Å². The Morgan fingerprint density at radius 3 is 2.80 bits per heavy atom. The van der Waals surface area contributed by atoms with E-state index in [0.717, 1.165) is 12.1 Å². The van der Waals surface area contributed by atoms with Crippen molar-refractivity contribution in [3.05, 3.63) is 35.6 Å². The van der Waals surface area contributed by atoms with E-state index in [0.29, 0.717) is 13.2 Å². The summed E-state index contributed by atoms with van der Waals surface area (Å²) in [7, 11) is 0. The molecule has 1 N–H and O–H groups in total. The topological polar surface area (TPSA) is 21.3 Å². The van der Waals surface area contributed by atoms with Gasteiger partial charge in [0.05, 0.1) is 12.6 Å². The van der Waals surface area contributed by atoms with Crippen LogP contribution in [0, 0.1) is 5.82 Å². The highest BCUT2D eigenvalue weighted by molar-refractivity contribution is 5.20. The summed E-state index contributed by atoms with van der Waals surface area (Å²) in [6.07, 6.45) is 0. The fourth-order valence-electron chi connectivity index (χ4n) is 1.48. The largest absolute Gasteiger partial charge is 0.380 e. The van der Waals surface area contributed by atoms with Crippen molar-refractivity contribution in [2.75, 3.05) is 19.8 Å². The fraction of sp³-hybridized carbons (Fsp3) is 0.500. The van der Waals surface area contributed by atoms with Crippen LogP contribution in [0.2, 0.25) is 0 Å². The van der Waals surface area contributed by atoms with Gasteiger partial charge in [-0.15, -0.1) is 0 Å². The number of likely N-dealkylation sites (N-methyl/N-ethyl adjacent to an activating group) is 1. The molecular weight excluding hydrogens is 193 g/mol. The molecule has 0 spiro atoms. The van der Waals surface area contributed by atoms with Crippen molar-refractivity contribution >= 4 is 0 Å². The molecule has 0 bridgehead atoms. The van der Waals surface area contributed by atoms with Crippen LogP contribution < -0.4 is 5.32 Å². The van der Waals surface area contributed by atoms with Gasteiger partial charge in [-0.3, -0.25) is 0 Å². The molecule has 0 heterocycles. The number of ether oxygens (including phenoxy) is 1. The minimum atomic E-state index is -0.202. The monoisotopic (exact) mass is 211 g/mol. The third kappa shape index (κ3) is 3.98. The van der Waals surface area contributed by atoms with Crippen LogP contribution in [0.4, 0.5) is 4.39 Å². The van der Waals surface area contributed by atoms with E-state index in [2.05, 4.69) is 5.32 Å². The second kappa shape index (κ2) is 6.53. The average molecular weight is 211 g/mol. The molecule has 0 fully saturated rings. The summed E-state index contributed by atoms with van der Waals surface area (Å²) in [5.41, 5.74) is 0.935. The van der Waals surface area contributed by atoms with Crippen molar-refractivity contribution < 1.29 is 9.13 Å². The normalized spacial score (nSPS) is 12.7. The lowest BCUT2D eigenvalue weighted by Gasteiger charge is -2.18. The number of rotatable bonds is 6. The van der Waals surface area contributed by atoms with Gasteiger partial charge in [0.1, 0.15) is 5.82 Å². The zero-order valence-corrected chi connectivity index (χ0v) is 9.29. The molecule has 0 saturated carbocycles. The highest BCUT2D eigenvalue weighted by atomic mass is 19.1. The molecule has 2 nitrogen and oxygen atoms in total. The lowest BCUT2D eigenvalue weighted by molar-refractivity contribution is 0.123. The van der Waals surface area contributed by atoms with Gasteiger partial charge in [0.2, 0.25) is 0 Å². The summed E-state index contributed by atoms with van der Waals surface area (Å²) in [6, 6.07) is 6.71. The maximum Gasteiger partial charge on any atom is 0.123 e. The number of benzene rings is 1. The molecule has 0 saturated heterocycles. The Hall–Kier alpha value is -0.930. The number of nitrogens with one attached hydrogen (secondary N) is 1. The van der Waals surface area contributed by atoms with Gasteiger partial charge in [-0.2, -0.15) is 0 Å². The maximum atomic E-state index is 13.0. The first-order chi connectivity index (χ1) is 7.27. The first-order valence-corrected chi connectivity index (χ1v) is 5.34. The van der Waals surface area contributed by atoms with E-state index in [1.165, 1.54) is 6.07 Å². The van der Waals surface area contributed by atoms with E-state index in [9.17, 15) is 4.39 Å². The summed E-state index contributed by atoms with van der Waals surface area (Å²) in [5, 5.41) is 3.27. The Morgan fingerprint density at radius 2 is 2.20 bits per heavy atom. The van der Waals surface area contributed by atoms with Crippen LogP contribution in [0.1, 0.15) is 25.5 Å². The van der Waals surface area contributed by atoms with Gasteiger partial charge in [0.25, 0.3) is 0 Å². The molecule has 0 amide bonds. The molecule has 84 valence electrons. The molecule has 0 aliphatic heterocycles. The molecule has 1 aromatic carbocycles. The Labute approximate surface area is 90.4 Å². The second-order valence-corrected chi connectivity index (χ2v) is 3.32. The van der Waals surface area contributed by atoms with Crippen molar-refractivity contribution in [2.24, 2.45) is 0 Å². The standard InChI is InChI=1S/C12H18FNO/c1-3-14-12(9-15-4-2)10-6-5-7-11(13)8-10/h5-8,12,14H,3-4,9H2,1-2H3. The van der Waals surface area contributed by atoms with E-state index >= 15 is 0 Å². The molecule has 3 heteroatoms. The van der Waals surface area contributed by atoms with Crippen LogP contribution >= 0.6 is 0 Å². The minimum absolute atomic E-state index is 0.0747. The smallest absolute Gasteiger partial charge is 0.123 e. The van der Waals surface area contributed by atoms with Crippen LogP contribution in [-0.2, 0) is 4.74 Å². The van der Waals surface area contributed by atoms with Crippen molar-refractivity contribution in [3.63, 3.8) is 0 Å². The number of hydrogen-bond acceptors (Lipinski definition) is 2. The van der Waals surface area contributed by atoms with Gasteiger partial charge in [-0.25, -0.2) is 4.39 Å². The van der Waals surface area contributed by atoms with Crippen molar-refractivity contribution in [3.8, 4) is 0 Å². The van der Waals surface area contributed by atoms with Gasteiger partial charge in [0, 0.05) is 6.61 Å². The Kier molecular flexibility index (Phi) is 5.29. The molecule has 0 radical (unpaired) electrons. The molecular formula is C12H18FNO. The SMILES string of the molecule is CCNC(COCC)c1cccc(F)c1. The van der Waals surface area contributed by atoms with Gasteiger partial charge < -0.3 is 10.1 Å². The summed E-state index contributed by atoms with van der Waals surface area (Å²) < 4.78 is 18.4. The number of halogens is 1. The summed E-state index contributed by atoms with van der Waals surface area (Å²) in [6.45, 7) is 6.08. The molecule has 1 atom stereocenters. The summed E-state index contributed by atoms with van der Waals surface area (Å²) in [5.74, 6) is -0.202. The van der Waals surface area contributed by atoms with Crippen LogP contribution in [0.5, 0.6) is 0 Å². The third-order valence-electron chi connectivity index (χ3n) is 2.19. The fourth-order valence-corrected chi connectivity index (χ4v) is 1.48. The second-order valence-electron chi connectivity index (χ2n) is 3.32. The summed E-state index contributed by atoms with van der Waals surface area (Å²) >= 11 is 0. The predicted octanol–water partition coefficient (Wildman–Crippen LogP) is 2.51. The minimum Gasteiger partial charge on any atom is -0.380 e. The summed E-state index contributed by atoms with van der Waals surface area (Å²) in [4.78, 5) is 0. The van der Waals surface area contributed by atoms with Crippen LogP contribution in [0.25, 0.3) is 0 Å². The highest BCUT2D eigenvalue weighted by Gasteiger charge is 2.10. The molecule has 0 aromatic heterocycles. The van der Waals surface area contributed by atoms with Crippen molar-refractivity contribution in [1.82, 2.24) is 5.32 Å². The molecule has 1 rings (SSSR count). The zero-order valence-electron chi connectivity index (χ0n) is 9.29. The van der Waals surface area contributed by atoms with Crippen LogP contribution in [-0.4, -0.2) is 19.8 Å². The molecule has 15 heavy (non-hydrogen) atoms. The third-order valence-corrected chi connectivity index (χ3v) is 2.19.